The van der Waals surface area contributed by atoms with Gasteiger partial charge in [0, 0.05) is 73.1 Å². The highest BCUT2D eigenvalue weighted by molar-refractivity contribution is 7.98. The molecule has 2 unspecified atom stereocenters. The van der Waals surface area contributed by atoms with Crippen molar-refractivity contribution in [1.29, 1.82) is 4.78 Å². The first-order chi connectivity index (χ1) is 17.2. The average Bonchev–Trinajstić information content (AvgIpc) is 2.98. The summed E-state index contributed by atoms with van der Waals surface area (Å²) in [6, 6.07) is 0. The van der Waals surface area contributed by atoms with Crippen molar-refractivity contribution in [2.24, 2.45) is 16.6 Å². The van der Waals surface area contributed by atoms with Crippen LogP contribution in [-0.4, -0.2) is 92.6 Å². The molecule has 194 valence electrons. The maximum atomic E-state index is 13.5. The van der Waals surface area contributed by atoms with E-state index >= 15 is 0 Å². The number of amides is 1. The molecule has 9 heteroatoms. The van der Waals surface area contributed by atoms with Gasteiger partial charge in [-0.1, -0.05) is 45.9 Å². The van der Waals surface area contributed by atoms with Crippen molar-refractivity contribution in [1.82, 2.24) is 14.1 Å². The van der Waals surface area contributed by atoms with Gasteiger partial charge in [0.2, 0.25) is 0 Å². The molecule has 0 spiro atoms. The van der Waals surface area contributed by atoms with Gasteiger partial charge in [-0.2, -0.15) is 0 Å². The molecule has 7 nitrogen and oxygen atoms in total. The third kappa shape index (κ3) is 7.50. The van der Waals surface area contributed by atoms with Crippen molar-refractivity contribution in [2.75, 3.05) is 45.5 Å². The Hall–Kier alpha value is -2.49. The molecule has 2 aliphatic heterocycles. The molecule has 1 aliphatic carbocycles. The molecule has 1 fully saturated rings. The van der Waals surface area contributed by atoms with Crippen LogP contribution in [0.25, 0.3) is 0 Å². The van der Waals surface area contributed by atoms with E-state index in [-0.39, 0.29) is 11.8 Å². The lowest BCUT2D eigenvalue weighted by Gasteiger charge is -2.32. The first-order valence-corrected chi connectivity index (χ1v) is 15.4. The first-order valence-electron chi connectivity index (χ1n) is 12.6. The van der Waals surface area contributed by atoms with Crippen LogP contribution in [0.5, 0.6) is 0 Å². The predicted octanol–water partition coefficient (Wildman–Crippen LogP) is 2.68. The quantitative estimate of drug-likeness (QED) is 0.340. The molecule has 3 aliphatic rings. The molecule has 0 aromatic carbocycles. The maximum Gasteiger partial charge on any atom is 0.273 e. The largest absolute Gasteiger partial charge is 0.403 e. The number of likely N-dealkylation sites (tertiary alicyclic amines) is 1. The van der Waals surface area contributed by atoms with E-state index in [1.54, 1.807) is 0 Å². The van der Waals surface area contributed by atoms with Gasteiger partial charge >= 0.3 is 0 Å². The summed E-state index contributed by atoms with van der Waals surface area (Å²) in [5.41, 5.74) is 10.8. The lowest BCUT2D eigenvalue weighted by molar-refractivity contribution is -0.123. The third-order valence-electron chi connectivity index (χ3n) is 6.79. The van der Waals surface area contributed by atoms with Crippen LogP contribution in [0.1, 0.15) is 32.1 Å². The second-order valence-electron chi connectivity index (χ2n) is 9.65. The van der Waals surface area contributed by atoms with Crippen molar-refractivity contribution in [3.63, 3.8) is 0 Å². The molecular weight excluding hydrogens is 484 g/mol. The summed E-state index contributed by atoms with van der Waals surface area (Å²) in [5.74, 6) is 4.11. The molecule has 0 aromatic heterocycles. The van der Waals surface area contributed by atoms with Crippen molar-refractivity contribution >= 4 is 42.6 Å². The minimum Gasteiger partial charge on any atom is -0.403 e. The number of allylic oxidation sites excluding steroid dienone is 4. The van der Waals surface area contributed by atoms with E-state index in [2.05, 4.69) is 50.4 Å². The normalized spacial score (nSPS) is 24.2. The van der Waals surface area contributed by atoms with E-state index in [9.17, 15) is 4.79 Å². The van der Waals surface area contributed by atoms with Crippen LogP contribution in [-0.2, 0) is 14.4 Å². The third-order valence-corrected chi connectivity index (χ3v) is 8.45. The highest BCUT2D eigenvalue weighted by Gasteiger charge is 2.28. The Morgan fingerprint density at radius 3 is 2.72 bits per heavy atom. The van der Waals surface area contributed by atoms with Crippen LogP contribution in [0.4, 0.5) is 0 Å². The Morgan fingerprint density at radius 2 is 2.11 bits per heavy atom. The molecule has 1 saturated heterocycles. The Bertz CT molecular complexity index is 1100. The van der Waals surface area contributed by atoms with E-state index in [1.165, 1.54) is 42.9 Å². The summed E-state index contributed by atoms with van der Waals surface area (Å²) in [6.07, 6.45) is 19.0. The second kappa shape index (κ2) is 13.2. The van der Waals surface area contributed by atoms with Gasteiger partial charge in [0.05, 0.1) is 0 Å². The van der Waals surface area contributed by atoms with Crippen LogP contribution < -0.4 is 5.73 Å². The average molecular weight is 525 g/mol. The van der Waals surface area contributed by atoms with Crippen molar-refractivity contribution in [2.45, 2.75) is 32.1 Å². The molecule has 2 heterocycles. The van der Waals surface area contributed by atoms with Gasteiger partial charge in [0.25, 0.3) is 5.91 Å². The standard InChI is InChI=1S/C27H40N6OSSi/c1-22-20-24(23-8-10-25(11-9-23)31-14-5-4-6-15-31)21-32(27(34)26(22)30-13-12-28)16-7-17-33(18-19-36)35(2,3)29/h8,10-13,19-20,23,29H,1-2,4-7,9,14-18,21,28H2,3H3. The van der Waals surface area contributed by atoms with Gasteiger partial charge in [-0.25, -0.2) is 9.30 Å². The number of carbonyl (C=O) groups is 1. The smallest absolute Gasteiger partial charge is 0.273 e. The predicted molar refractivity (Wildman–Crippen MR) is 156 cm³/mol. The second-order valence-corrected chi connectivity index (χ2v) is 12.7. The van der Waals surface area contributed by atoms with E-state index in [4.69, 9.17) is 10.5 Å². The van der Waals surface area contributed by atoms with Gasteiger partial charge in [-0.15, -0.1) is 0 Å². The van der Waals surface area contributed by atoms with E-state index in [0.717, 1.165) is 25.9 Å². The zero-order chi connectivity index (χ0) is 26.1. The zero-order valence-electron chi connectivity index (χ0n) is 21.5. The molecule has 3 N–H and O–H groups in total. The van der Waals surface area contributed by atoms with Gasteiger partial charge in [-0.3, -0.25) is 9.57 Å². The molecule has 36 heavy (non-hydrogen) atoms. The Balaban J connectivity index is 1.76. The fourth-order valence-corrected chi connectivity index (χ4v) is 6.13. The number of rotatable bonds is 10. The minimum atomic E-state index is -1.85. The summed E-state index contributed by atoms with van der Waals surface area (Å²) in [5, 5.41) is 0. The van der Waals surface area contributed by atoms with Gasteiger partial charge in [0.1, 0.15) is 5.71 Å². The topological polar surface area (TPSA) is 89.0 Å². The van der Waals surface area contributed by atoms with Crippen LogP contribution >= 0.6 is 0 Å². The van der Waals surface area contributed by atoms with Crippen LogP contribution in [0, 0.1) is 10.7 Å². The summed E-state index contributed by atoms with van der Waals surface area (Å²) < 4.78 is 10.4. The number of hydrogen-bond donors (Lipinski definition) is 2. The van der Waals surface area contributed by atoms with Gasteiger partial charge in [0.15, 0.2) is 0 Å². The van der Waals surface area contributed by atoms with Crippen molar-refractivity contribution in [3.05, 3.63) is 60.1 Å². The number of carbonyl (C=O) groups excluding carboxylic acids is 1. The highest BCUT2D eigenvalue weighted by atomic mass is 32.2. The molecule has 1 amide bonds. The molecule has 0 saturated carbocycles. The van der Waals surface area contributed by atoms with E-state index in [0.29, 0.717) is 37.5 Å². The minimum absolute atomic E-state index is 0.137. The molecule has 0 aromatic rings. The SMILES string of the molecule is C=C1C=C(C2C=CC(N3CCCCC3)=CC2)CN(CCCN(CC=[Si])S(=C)(C)=N)C(=O)C1=NC=CN. The van der Waals surface area contributed by atoms with E-state index < -0.39 is 9.60 Å². The lowest BCUT2D eigenvalue weighted by Crippen LogP contribution is -2.40. The highest BCUT2D eigenvalue weighted by Crippen LogP contribution is 2.29. The Kier molecular flexibility index (Phi) is 10.3. The van der Waals surface area contributed by atoms with Crippen LogP contribution in [0.3, 0.4) is 0 Å². The summed E-state index contributed by atoms with van der Waals surface area (Å²) >= 11 is 0. The molecule has 2 radical (unpaired) electrons. The number of nitrogens with zero attached hydrogens (tertiary/aromatic N) is 4. The lowest BCUT2D eigenvalue weighted by atomic mass is 9.89. The molecular formula is C27H40N6OSSi. The van der Waals surface area contributed by atoms with E-state index in [1.807, 2.05) is 27.2 Å². The molecule has 2 atom stereocenters. The zero-order valence-corrected chi connectivity index (χ0v) is 23.3. The number of hydrogen-bond acceptors (Lipinski definition) is 5. The Morgan fingerprint density at radius 1 is 1.36 bits per heavy atom. The summed E-state index contributed by atoms with van der Waals surface area (Å²) in [7, 11) is 1.56. The van der Waals surface area contributed by atoms with Crippen molar-refractivity contribution < 1.29 is 4.79 Å². The molecule has 3 rings (SSSR count). The number of nitrogens with two attached hydrogens (primary N) is 1. The summed E-state index contributed by atoms with van der Waals surface area (Å²) in [4.78, 5) is 22.1. The fourth-order valence-electron chi connectivity index (χ4n) is 4.85. The monoisotopic (exact) mass is 524 g/mol. The van der Waals surface area contributed by atoms with Gasteiger partial charge in [-0.05, 0) is 55.6 Å². The fraction of sp³-hybridized carbons (Fsp3) is 0.481. The first kappa shape index (κ1) is 28.1. The maximum absolute atomic E-state index is 13.5. The summed E-state index contributed by atoms with van der Waals surface area (Å²) in [6.45, 7) is 8.85. The number of aliphatic imine (C=N–C) groups is 1. The van der Waals surface area contributed by atoms with Crippen molar-refractivity contribution in [3.8, 4) is 0 Å². The van der Waals surface area contributed by atoms with Crippen LogP contribution in [0.15, 0.2) is 65.1 Å². The number of piperidine rings is 1. The van der Waals surface area contributed by atoms with Crippen LogP contribution in [0.2, 0.25) is 0 Å². The van der Waals surface area contributed by atoms with Gasteiger partial charge < -0.3 is 15.5 Å². The Labute approximate surface area is 220 Å². The molecule has 0 bridgehead atoms. The number of nitrogens with one attached hydrogen (secondary N) is 1.